The average molecular weight is 443 g/mol. The number of esters is 1. The number of rotatable bonds is 9. The van der Waals surface area contributed by atoms with Gasteiger partial charge in [0.05, 0.1) is 14.2 Å². The molecule has 9 heteroatoms. The van der Waals surface area contributed by atoms with Crippen molar-refractivity contribution in [2.75, 3.05) is 19.5 Å². The number of hydrogen-bond donors (Lipinski definition) is 1. The van der Waals surface area contributed by atoms with E-state index in [9.17, 15) is 22.8 Å². The summed E-state index contributed by atoms with van der Waals surface area (Å²) in [6, 6.07) is 5.10. The maximum atomic E-state index is 13.7. The number of ether oxygens (including phenoxy) is 3. The molecule has 31 heavy (non-hydrogen) atoms. The lowest BCUT2D eigenvalue weighted by molar-refractivity contribution is -0.223. The Bertz CT molecular complexity index is 801. The lowest BCUT2D eigenvalue weighted by Gasteiger charge is -2.23. The van der Waals surface area contributed by atoms with Gasteiger partial charge in [0.15, 0.2) is 11.5 Å². The molecular weight excluding hydrogens is 415 g/mol. The molecule has 1 aromatic rings. The van der Waals surface area contributed by atoms with E-state index in [1.54, 1.807) is 6.92 Å². The number of carbonyl (C=O) groups is 2. The Morgan fingerprint density at radius 2 is 1.71 bits per heavy atom. The van der Waals surface area contributed by atoms with Gasteiger partial charge < -0.3 is 19.5 Å². The van der Waals surface area contributed by atoms with E-state index < -0.39 is 29.7 Å². The first-order valence-electron chi connectivity index (χ1n) is 9.48. The van der Waals surface area contributed by atoms with Crippen LogP contribution in [0.3, 0.4) is 0 Å². The number of allylic oxidation sites excluding steroid dienone is 3. The number of amides is 1. The number of halogens is 3. The fraction of sp³-hybridized carbons (Fsp3) is 0.364. The number of alkyl halides is 3. The van der Waals surface area contributed by atoms with E-state index in [4.69, 9.17) is 14.2 Å². The molecule has 0 aliphatic carbocycles. The molecule has 6 nitrogen and oxygen atoms in total. The van der Waals surface area contributed by atoms with Crippen LogP contribution in [-0.2, 0) is 23.8 Å². The van der Waals surface area contributed by atoms with Crippen LogP contribution in [0.2, 0.25) is 0 Å². The Hall–Kier alpha value is -3.23. The summed E-state index contributed by atoms with van der Waals surface area (Å²) >= 11 is 0. The van der Waals surface area contributed by atoms with Crippen molar-refractivity contribution in [2.24, 2.45) is 0 Å². The van der Waals surface area contributed by atoms with Gasteiger partial charge in [-0.3, -0.25) is 4.79 Å². The summed E-state index contributed by atoms with van der Waals surface area (Å²) < 4.78 is 55.4. The van der Waals surface area contributed by atoms with Crippen LogP contribution in [0.4, 0.5) is 18.9 Å². The van der Waals surface area contributed by atoms with Crippen molar-refractivity contribution in [1.29, 1.82) is 0 Å². The predicted octanol–water partition coefficient (Wildman–Crippen LogP) is 5.45. The molecule has 1 atom stereocenters. The average Bonchev–Trinajstić information content (AvgIpc) is 2.75. The number of anilines is 1. The van der Waals surface area contributed by atoms with Gasteiger partial charge in [0.2, 0.25) is 6.10 Å². The highest BCUT2D eigenvalue weighted by molar-refractivity contribution is 6.03. The molecule has 0 aliphatic heterocycles. The van der Waals surface area contributed by atoms with Crippen LogP contribution in [0.1, 0.15) is 38.9 Å². The second kappa shape index (κ2) is 13.9. The molecule has 1 unspecified atom stereocenters. The SMILES string of the molecule is C=C/C=C(\OC)C(=O)Nc1ccccc1C(OC(=O)/C(=C/CC)OC)C(F)(F)F.CC. The molecule has 172 valence electrons. The number of methoxy groups -OCH3 is 2. The van der Waals surface area contributed by atoms with Crippen molar-refractivity contribution in [3.05, 3.63) is 66.2 Å². The number of nitrogens with one attached hydrogen (secondary N) is 1. The highest BCUT2D eigenvalue weighted by Gasteiger charge is 2.45. The second-order valence-corrected chi connectivity index (χ2v) is 5.52. The van der Waals surface area contributed by atoms with Gasteiger partial charge in [0, 0.05) is 11.3 Å². The van der Waals surface area contributed by atoms with Crippen molar-refractivity contribution < 1.29 is 37.0 Å². The third kappa shape index (κ3) is 8.57. The summed E-state index contributed by atoms with van der Waals surface area (Å²) in [7, 11) is 2.38. The van der Waals surface area contributed by atoms with E-state index >= 15 is 0 Å². The monoisotopic (exact) mass is 443 g/mol. The molecule has 1 aromatic carbocycles. The van der Waals surface area contributed by atoms with E-state index in [0.717, 1.165) is 13.2 Å². The van der Waals surface area contributed by atoms with E-state index in [1.165, 1.54) is 43.5 Å². The van der Waals surface area contributed by atoms with Crippen LogP contribution in [0.15, 0.2) is 60.6 Å². The Labute approximate surface area is 180 Å². The standard InChI is InChI=1S/C20H22F3NO5.C2H6/c1-5-9-15(27-3)18(25)24-14-12-8-7-11-13(14)17(20(21,22)23)29-19(26)16(28-4)10-6-2;1-2/h5,7-12,17H,1,6H2,2-4H3,(H,24,25);1-2H3/b15-9-,16-10-;. The summed E-state index contributed by atoms with van der Waals surface area (Å²) in [5.74, 6) is -2.58. The first-order valence-corrected chi connectivity index (χ1v) is 9.48. The van der Waals surface area contributed by atoms with Crippen LogP contribution in [-0.4, -0.2) is 32.3 Å². The lowest BCUT2D eigenvalue weighted by Crippen LogP contribution is -2.28. The topological polar surface area (TPSA) is 73.9 Å². The normalized spacial score (nSPS) is 12.6. The van der Waals surface area contributed by atoms with E-state index in [2.05, 4.69) is 11.9 Å². The molecule has 1 N–H and O–H groups in total. The molecule has 1 amide bonds. The Balaban J connectivity index is 0.00000436. The van der Waals surface area contributed by atoms with Crippen molar-refractivity contribution in [3.8, 4) is 0 Å². The third-order valence-corrected chi connectivity index (χ3v) is 3.54. The summed E-state index contributed by atoms with van der Waals surface area (Å²) in [6.45, 7) is 9.11. The second-order valence-electron chi connectivity index (χ2n) is 5.52. The molecule has 0 spiro atoms. The molecule has 0 bridgehead atoms. The van der Waals surface area contributed by atoms with Crippen LogP contribution < -0.4 is 5.32 Å². The van der Waals surface area contributed by atoms with Gasteiger partial charge in [-0.1, -0.05) is 51.6 Å². The molecule has 1 rings (SSSR count). The summed E-state index contributed by atoms with van der Waals surface area (Å²) in [6.07, 6.45) is -3.37. The van der Waals surface area contributed by atoms with Crippen LogP contribution in [0, 0.1) is 0 Å². The number of benzene rings is 1. The third-order valence-electron chi connectivity index (χ3n) is 3.54. The van der Waals surface area contributed by atoms with Crippen molar-refractivity contribution in [3.63, 3.8) is 0 Å². The minimum absolute atomic E-state index is 0.164. The largest absolute Gasteiger partial charge is 0.491 e. The first-order chi connectivity index (χ1) is 14.7. The van der Waals surface area contributed by atoms with Crippen LogP contribution in [0.5, 0.6) is 0 Å². The smallest absolute Gasteiger partial charge is 0.429 e. The number of carbonyl (C=O) groups excluding carboxylic acids is 2. The maximum absolute atomic E-state index is 13.7. The zero-order valence-electron chi connectivity index (χ0n) is 18.2. The quantitative estimate of drug-likeness (QED) is 0.238. The predicted molar refractivity (Wildman–Crippen MR) is 112 cm³/mol. The van der Waals surface area contributed by atoms with E-state index in [-0.39, 0.29) is 17.2 Å². The summed E-state index contributed by atoms with van der Waals surface area (Å²) in [5.41, 5.74) is -0.652. The molecule has 0 heterocycles. The zero-order chi connectivity index (χ0) is 24.0. The first kappa shape index (κ1) is 27.8. The lowest BCUT2D eigenvalue weighted by atomic mass is 10.1. The fourth-order valence-electron chi connectivity index (χ4n) is 2.27. The van der Waals surface area contributed by atoms with Gasteiger partial charge in [-0.2, -0.15) is 13.2 Å². The van der Waals surface area contributed by atoms with E-state index in [0.29, 0.717) is 6.42 Å². The molecular formula is C22H28F3NO5. The molecule has 0 saturated carbocycles. The van der Waals surface area contributed by atoms with E-state index in [1.807, 2.05) is 13.8 Å². The molecule has 0 aliphatic rings. The Morgan fingerprint density at radius 3 is 2.19 bits per heavy atom. The summed E-state index contributed by atoms with van der Waals surface area (Å²) in [4.78, 5) is 24.4. The number of para-hydroxylation sites is 1. The van der Waals surface area contributed by atoms with Gasteiger partial charge in [0.1, 0.15) is 0 Å². The zero-order valence-corrected chi connectivity index (χ0v) is 18.2. The van der Waals surface area contributed by atoms with Gasteiger partial charge in [-0.05, 0) is 24.6 Å². The number of hydrogen-bond acceptors (Lipinski definition) is 5. The molecule has 0 aromatic heterocycles. The van der Waals surface area contributed by atoms with Crippen molar-refractivity contribution >= 4 is 17.6 Å². The highest BCUT2D eigenvalue weighted by atomic mass is 19.4. The van der Waals surface area contributed by atoms with Gasteiger partial charge >= 0.3 is 12.1 Å². The maximum Gasteiger partial charge on any atom is 0.429 e. The summed E-state index contributed by atoms with van der Waals surface area (Å²) in [5, 5.41) is 2.32. The van der Waals surface area contributed by atoms with Gasteiger partial charge in [-0.15, -0.1) is 0 Å². The molecule has 0 saturated heterocycles. The Morgan fingerprint density at radius 1 is 1.13 bits per heavy atom. The Kier molecular flexibility index (Phi) is 12.4. The van der Waals surface area contributed by atoms with Gasteiger partial charge in [0.25, 0.3) is 5.91 Å². The van der Waals surface area contributed by atoms with Crippen LogP contribution in [0.25, 0.3) is 0 Å². The van der Waals surface area contributed by atoms with Crippen molar-refractivity contribution in [2.45, 2.75) is 39.5 Å². The minimum Gasteiger partial charge on any atom is -0.491 e. The molecule has 0 radical (unpaired) electrons. The molecule has 0 fully saturated rings. The van der Waals surface area contributed by atoms with Gasteiger partial charge in [-0.25, -0.2) is 4.79 Å². The fourth-order valence-corrected chi connectivity index (χ4v) is 2.27. The minimum atomic E-state index is -4.94. The van der Waals surface area contributed by atoms with Crippen molar-refractivity contribution in [1.82, 2.24) is 0 Å². The highest BCUT2D eigenvalue weighted by Crippen LogP contribution is 2.39. The van der Waals surface area contributed by atoms with Crippen LogP contribution >= 0.6 is 0 Å².